The van der Waals surface area contributed by atoms with Gasteiger partial charge in [-0.15, -0.1) is 0 Å². The van der Waals surface area contributed by atoms with Crippen molar-refractivity contribution in [2.24, 2.45) is 0 Å². The first-order valence-electron chi connectivity index (χ1n) is 2.18. The highest BCUT2D eigenvalue weighted by atomic mass is 32.3. The van der Waals surface area contributed by atoms with E-state index in [1.807, 2.05) is 0 Å². The maximum Gasteiger partial charge on any atom is 0.218 e. The van der Waals surface area contributed by atoms with Crippen molar-refractivity contribution in [2.75, 3.05) is 0 Å². The van der Waals surface area contributed by atoms with Crippen LogP contribution in [0.5, 0.6) is 0 Å². The number of rotatable bonds is 3. The first-order valence-corrected chi connectivity index (χ1v) is 3.51. The fourth-order valence-electron chi connectivity index (χ4n) is 0.216. The average molecular weight is 168 g/mol. The quantitative estimate of drug-likeness (QED) is 0.343. The SMILES string of the molecule is CC(OS(=O)(=O)[O-])C(=O)[O-]. The average Bonchev–Trinajstić information content (AvgIpc) is 1.60. The van der Waals surface area contributed by atoms with E-state index in [1.54, 1.807) is 0 Å². The predicted molar refractivity (Wildman–Crippen MR) is 25.3 cm³/mol. The summed E-state index contributed by atoms with van der Waals surface area (Å²) in [6.45, 7) is 0.880. The fourth-order valence-corrected chi connectivity index (χ4v) is 0.648. The number of carbonyl (C=O) groups is 1. The third-order valence-corrected chi connectivity index (χ3v) is 1.12. The summed E-state index contributed by atoms with van der Waals surface area (Å²) in [6.07, 6.45) is -1.73. The van der Waals surface area contributed by atoms with Crippen molar-refractivity contribution in [3.05, 3.63) is 0 Å². The Morgan fingerprint density at radius 2 is 2.00 bits per heavy atom. The molecular weight excluding hydrogens is 164 g/mol. The lowest BCUT2D eigenvalue weighted by atomic mass is 10.4. The summed E-state index contributed by atoms with van der Waals surface area (Å²) in [7, 11) is -4.94. The number of carbonyl (C=O) groups excluding carboxylic acids is 1. The summed E-state index contributed by atoms with van der Waals surface area (Å²) >= 11 is 0. The molecule has 0 aliphatic carbocycles. The van der Waals surface area contributed by atoms with Crippen LogP contribution in [0.25, 0.3) is 0 Å². The van der Waals surface area contributed by atoms with Crippen molar-refractivity contribution in [2.45, 2.75) is 13.0 Å². The van der Waals surface area contributed by atoms with Gasteiger partial charge in [0.2, 0.25) is 10.4 Å². The number of hydrogen-bond donors (Lipinski definition) is 0. The second-order valence-electron chi connectivity index (χ2n) is 1.47. The molecule has 0 aromatic carbocycles. The summed E-state index contributed by atoms with van der Waals surface area (Å²) in [5, 5.41) is 9.74. The molecule has 0 aliphatic heterocycles. The largest absolute Gasteiger partial charge is 0.726 e. The predicted octanol–water partition coefficient (Wildman–Crippen LogP) is -2.40. The maximum absolute atomic E-state index is 9.74. The second-order valence-corrected chi connectivity index (χ2v) is 2.47. The van der Waals surface area contributed by atoms with Crippen LogP contribution in [-0.4, -0.2) is 25.0 Å². The first kappa shape index (κ1) is 9.34. The highest BCUT2D eigenvalue weighted by molar-refractivity contribution is 7.80. The molecule has 0 aromatic heterocycles. The number of aliphatic carboxylic acids is 1. The van der Waals surface area contributed by atoms with E-state index in [-0.39, 0.29) is 0 Å². The molecular formula is C3H4O6S-2. The van der Waals surface area contributed by atoms with Crippen LogP contribution in [0.2, 0.25) is 0 Å². The zero-order chi connectivity index (χ0) is 8.36. The number of hydrogen-bond acceptors (Lipinski definition) is 6. The summed E-state index contributed by atoms with van der Waals surface area (Å²) in [6, 6.07) is 0. The molecule has 60 valence electrons. The van der Waals surface area contributed by atoms with E-state index in [4.69, 9.17) is 0 Å². The van der Waals surface area contributed by atoms with Crippen molar-refractivity contribution in [1.82, 2.24) is 0 Å². The molecule has 0 saturated heterocycles. The van der Waals surface area contributed by atoms with Gasteiger partial charge < -0.3 is 14.5 Å². The molecule has 0 aliphatic rings. The normalized spacial score (nSPS) is 14.6. The van der Waals surface area contributed by atoms with E-state index in [0.717, 1.165) is 6.92 Å². The number of carboxylic acids is 1. The van der Waals surface area contributed by atoms with Crippen molar-refractivity contribution < 1.29 is 27.1 Å². The third kappa shape index (κ3) is 4.24. The standard InChI is InChI=1S/C3H6O6S/c1-2(3(4)5)9-10(6,7)8/h2H,1H3,(H,4,5)(H,6,7,8)/p-2. The van der Waals surface area contributed by atoms with Crippen LogP contribution >= 0.6 is 0 Å². The minimum atomic E-state index is -4.94. The van der Waals surface area contributed by atoms with Gasteiger partial charge in [0.1, 0.15) is 6.10 Å². The van der Waals surface area contributed by atoms with Crippen LogP contribution in [0.15, 0.2) is 0 Å². The molecule has 1 atom stereocenters. The van der Waals surface area contributed by atoms with Gasteiger partial charge in [-0.25, -0.2) is 8.42 Å². The molecule has 0 bridgehead atoms. The van der Waals surface area contributed by atoms with Crippen LogP contribution in [-0.2, 0) is 19.4 Å². The van der Waals surface area contributed by atoms with Crippen molar-refractivity contribution in [3.8, 4) is 0 Å². The third-order valence-electron chi connectivity index (χ3n) is 0.594. The molecule has 0 heterocycles. The van der Waals surface area contributed by atoms with E-state index in [1.165, 1.54) is 0 Å². The summed E-state index contributed by atoms with van der Waals surface area (Å²) in [4.78, 5) is 9.74. The van der Waals surface area contributed by atoms with Crippen LogP contribution in [0, 0.1) is 0 Å². The van der Waals surface area contributed by atoms with E-state index in [0.29, 0.717) is 0 Å². The smallest absolute Gasteiger partial charge is 0.218 e. The fraction of sp³-hybridized carbons (Fsp3) is 0.667. The molecule has 0 radical (unpaired) electrons. The molecule has 6 nitrogen and oxygen atoms in total. The monoisotopic (exact) mass is 168 g/mol. The van der Waals surface area contributed by atoms with Crippen LogP contribution in [0.4, 0.5) is 0 Å². The molecule has 0 aromatic rings. The van der Waals surface area contributed by atoms with Crippen LogP contribution in [0.1, 0.15) is 6.92 Å². The number of carboxylic acid groups (broad SMARTS) is 1. The minimum Gasteiger partial charge on any atom is -0.726 e. The Bertz CT molecular complexity index is 215. The van der Waals surface area contributed by atoms with Gasteiger partial charge in [0.05, 0.1) is 5.97 Å². The Balaban J connectivity index is 4.06. The molecule has 7 heteroatoms. The van der Waals surface area contributed by atoms with Gasteiger partial charge in [0, 0.05) is 0 Å². The van der Waals surface area contributed by atoms with Gasteiger partial charge in [-0.05, 0) is 6.92 Å². The van der Waals surface area contributed by atoms with Gasteiger partial charge in [-0.1, -0.05) is 0 Å². The Morgan fingerprint density at radius 1 is 1.60 bits per heavy atom. The highest BCUT2D eigenvalue weighted by Gasteiger charge is 2.05. The van der Waals surface area contributed by atoms with E-state index in [2.05, 4.69) is 4.18 Å². The molecule has 10 heavy (non-hydrogen) atoms. The molecule has 0 spiro atoms. The van der Waals surface area contributed by atoms with Gasteiger partial charge in [0.25, 0.3) is 0 Å². The van der Waals surface area contributed by atoms with Gasteiger partial charge in [-0.2, -0.15) is 0 Å². The maximum atomic E-state index is 9.74. The van der Waals surface area contributed by atoms with Gasteiger partial charge in [-0.3, -0.25) is 4.18 Å². The zero-order valence-corrected chi connectivity index (χ0v) is 5.75. The van der Waals surface area contributed by atoms with Gasteiger partial charge >= 0.3 is 0 Å². The van der Waals surface area contributed by atoms with Crippen LogP contribution < -0.4 is 5.11 Å². The van der Waals surface area contributed by atoms with Crippen molar-refractivity contribution in [3.63, 3.8) is 0 Å². The topological polar surface area (TPSA) is 107 Å². The Morgan fingerprint density at radius 3 is 2.10 bits per heavy atom. The van der Waals surface area contributed by atoms with Gasteiger partial charge in [0.15, 0.2) is 0 Å². The highest BCUT2D eigenvalue weighted by Crippen LogP contribution is 1.93. The molecule has 0 N–H and O–H groups in total. The zero-order valence-electron chi connectivity index (χ0n) is 4.94. The van der Waals surface area contributed by atoms with E-state index in [9.17, 15) is 22.9 Å². The van der Waals surface area contributed by atoms with Crippen molar-refractivity contribution >= 4 is 16.4 Å². The lowest BCUT2D eigenvalue weighted by molar-refractivity contribution is -0.313. The molecule has 0 saturated carbocycles. The summed E-state index contributed by atoms with van der Waals surface area (Å²) in [5.41, 5.74) is 0. The lowest BCUT2D eigenvalue weighted by Crippen LogP contribution is -2.36. The summed E-state index contributed by atoms with van der Waals surface area (Å²) < 4.78 is 32.5. The Labute approximate surface area is 57.4 Å². The van der Waals surface area contributed by atoms with Crippen molar-refractivity contribution in [1.29, 1.82) is 0 Å². The molecule has 0 amide bonds. The summed E-state index contributed by atoms with van der Waals surface area (Å²) in [5.74, 6) is -1.75. The second kappa shape index (κ2) is 2.95. The van der Waals surface area contributed by atoms with E-state index >= 15 is 0 Å². The molecule has 1 unspecified atom stereocenters. The Hall–Kier alpha value is -0.660. The Kier molecular flexibility index (Phi) is 2.76. The first-order chi connectivity index (χ1) is 4.33. The minimum absolute atomic E-state index is 0.880. The molecule has 0 fully saturated rings. The molecule has 0 rings (SSSR count). The van der Waals surface area contributed by atoms with Crippen LogP contribution in [0.3, 0.4) is 0 Å². The lowest BCUT2D eigenvalue weighted by Gasteiger charge is -2.14. The van der Waals surface area contributed by atoms with E-state index < -0.39 is 22.5 Å².